The summed E-state index contributed by atoms with van der Waals surface area (Å²) in [6, 6.07) is 12.6. The second kappa shape index (κ2) is 6.79. The van der Waals surface area contributed by atoms with Crippen LogP contribution in [0.3, 0.4) is 0 Å². The number of carbonyl (C=O) groups is 1. The van der Waals surface area contributed by atoms with Crippen molar-refractivity contribution in [3.8, 4) is 11.5 Å². The molecule has 0 aliphatic heterocycles. The van der Waals surface area contributed by atoms with E-state index < -0.39 is 0 Å². The van der Waals surface area contributed by atoms with Gasteiger partial charge in [0.25, 0.3) is 0 Å². The molecule has 0 aliphatic rings. The zero-order chi connectivity index (χ0) is 15.2. The number of hydrogen-bond acceptors (Lipinski definition) is 3. The predicted molar refractivity (Wildman–Crippen MR) is 81.1 cm³/mol. The van der Waals surface area contributed by atoms with E-state index in [0.717, 1.165) is 11.1 Å². The average molecular weight is 285 g/mol. The lowest BCUT2D eigenvalue weighted by Gasteiger charge is -2.06. The Morgan fingerprint density at radius 3 is 2.33 bits per heavy atom. The van der Waals surface area contributed by atoms with Gasteiger partial charge in [-0.15, -0.1) is 0 Å². The third-order valence-corrected chi connectivity index (χ3v) is 3.29. The van der Waals surface area contributed by atoms with Crippen molar-refractivity contribution >= 4 is 5.91 Å². The lowest BCUT2D eigenvalue weighted by Crippen LogP contribution is -2.22. The molecule has 3 N–H and O–H groups in total. The highest BCUT2D eigenvalue weighted by molar-refractivity contribution is 5.76. The molecule has 0 heterocycles. The van der Waals surface area contributed by atoms with Crippen LogP contribution in [0.5, 0.6) is 11.5 Å². The van der Waals surface area contributed by atoms with E-state index in [1.807, 2.05) is 31.2 Å². The summed E-state index contributed by atoms with van der Waals surface area (Å²) < 4.78 is 0. The normalized spacial score (nSPS) is 10.3. The van der Waals surface area contributed by atoms with Crippen molar-refractivity contribution in [3.05, 3.63) is 59.2 Å². The summed E-state index contributed by atoms with van der Waals surface area (Å²) in [6.07, 6.45) is 0.865. The Morgan fingerprint density at radius 1 is 1.00 bits per heavy atom. The van der Waals surface area contributed by atoms with Gasteiger partial charge in [0.2, 0.25) is 5.91 Å². The van der Waals surface area contributed by atoms with Crippen molar-refractivity contribution in [1.29, 1.82) is 0 Å². The maximum atomic E-state index is 11.8. The van der Waals surface area contributed by atoms with Crippen LogP contribution in [0.15, 0.2) is 42.5 Å². The molecule has 2 rings (SSSR count). The molecule has 0 aliphatic carbocycles. The molecule has 1 amide bonds. The van der Waals surface area contributed by atoms with Crippen LogP contribution in [0.4, 0.5) is 0 Å². The maximum Gasteiger partial charge on any atom is 0.220 e. The van der Waals surface area contributed by atoms with E-state index in [1.165, 1.54) is 17.7 Å². The van der Waals surface area contributed by atoms with Crippen LogP contribution in [0.1, 0.15) is 23.1 Å². The molecule has 0 atom stereocenters. The Labute approximate surface area is 124 Å². The quantitative estimate of drug-likeness (QED) is 0.740. The van der Waals surface area contributed by atoms with Crippen molar-refractivity contribution in [2.75, 3.05) is 0 Å². The third kappa shape index (κ3) is 4.53. The second-order valence-corrected chi connectivity index (χ2v) is 5.09. The van der Waals surface area contributed by atoms with Crippen molar-refractivity contribution in [1.82, 2.24) is 5.32 Å². The first-order valence-corrected chi connectivity index (χ1v) is 6.87. The van der Waals surface area contributed by atoms with Gasteiger partial charge >= 0.3 is 0 Å². The summed E-state index contributed by atoms with van der Waals surface area (Å²) in [5.74, 6) is -0.349. The van der Waals surface area contributed by atoms with Crippen molar-refractivity contribution in [2.24, 2.45) is 0 Å². The molecule has 21 heavy (non-hydrogen) atoms. The van der Waals surface area contributed by atoms with E-state index in [1.54, 1.807) is 6.07 Å². The van der Waals surface area contributed by atoms with E-state index in [-0.39, 0.29) is 17.4 Å². The van der Waals surface area contributed by atoms with Gasteiger partial charge in [0.1, 0.15) is 0 Å². The molecule has 0 radical (unpaired) electrons. The number of phenols is 2. The molecule has 2 aromatic rings. The molecular formula is C17H19NO3. The molecule has 0 saturated heterocycles. The predicted octanol–water partition coefficient (Wildman–Crippen LogP) is 2.66. The topological polar surface area (TPSA) is 69.6 Å². The van der Waals surface area contributed by atoms with Gasteiger partial charge in [-0.2, -0.15) is 0 Å². The van der Waals surface area contributed by atoms with E-state index in [2.05, 4.69) is 5.32 Å². The molecule has 4 nitrogen and oxygen atoms in total. The zero-order valence-electron chi connectivity index (χ0n) is 12.0. The number of benzene rings is 2. The van der Waals surface area contributed by atoms with Gasteiger partial charge in [-0.1, -0.05) is 35.9 Å². The average Bonchev–Trinajstić information content (AvgIpc) is 2.48. The summed E-state index contributed by atoms with van der Waals surface area (Å²) in [4.78, 5) is 11.8. The number of aryl methyl sites for hydroxylation is 2. The zero-order valence-corrected chi connectivity index (χ0v) is 12.0. The molecule has 0 saturated carbocycles. The van der Waals surface area contributed by atoms with Gasteiger partial charge in [0.15, 0.2) is 11.5 Å². The maximum absolute atomic E-state index is 11.8. The fraction of sp³-hybridized carbons (Fsp3) is 0.235. The lowest BCUT2D eigenvalue weighted by atomic mass is 10.1. The molecule has 0 aromatic heterocycles. The van der Waals surface area contributed by atoms with E-state index in [4.69, 9.17) is 0 Å². The van der Waals surface area contributed by atoms with Gasteiger partial charge in [0, 0.05) is 13.0 Å². The Bertz CT molecular complexity index is 620. The van der Waals surface area contributed by atoms with Crippen molar-refractivity contribution in [3.63, 3.8) is 0 Å². The third-order valence-electron chi connectivity index (χ3n) is 3.29. The van der Waals surface area contributed by atoms with Gasteiger partial charge in [-0.25, -0.2) is 0 Å². The van der Waals surface area contributed by atoms with Crippen LogP contribution in [0.25, 0.3) is 0 Å². The molecule has 0 bridgehead atoms. The summed E-state index contributed by atoms with van der Waals surface area (Å²) >= 11 is 0. The number of rotatable bonds is 5. The fourth-order valence-electron chi connectivity index (χ4n) is 1.98. The Kier molecular flexibility index (Phi) is 4.82. The number of amides is 1. The minimum Gasteiger partial charge on any atom is -0.504 e. The van der Waals surface area contributed by atoms with Crippen LogP contribution in [0, 0.1) is 6.92 Å². The van der Waals surface area contributed by atoms with Crippen LogP contribution in [-0.2, 0) is 17.8 Å². The highest BCUT2D eigenvalue weighted by Gasteiger charge is 2.05. The van der Waals surface area contributed by atoms with E-state index in [9.17, 15) is 15.0 Å². The molecule has 0 spiro atoms. The van der Waals surface area contributed by atoms with Gasteiger partial charge in [-0.05, 0) is 36.6 Å². The molecular weight excluding hydrogens is 266 g/mol. The summed E-state index contributed by atoms with van der Waals surface area (Å²) in [5, 5.41) is 21.5. The first-order chi connectivity index (χ1) is 10.0. The van der Waals surface area contributed by atoms with Crippen LogP contribution >= 0.6 is 0 Å². The van der Waals surface area contributed by atoms with Crippen molar-refractivity contribution < 1.29 is 15.0 Å². The number of nitrogens with one attached hydrogen (secondary N) is 1. The molecule has 0 fully saturated rings. The lowest BCUT2D eigenvalue weighted by molar-refractivity contribution is -0.121. The van der Waals surface area contributed by atoms with Crippen LogP contribution < -0.4 is 5.32 Å². The molecule has 2 aromatic carbocycles. The van der Waals surface area contributed by atoms with Crippen LogP contribution in [0.2, 0.25) is 0 Å². The highest BCUT2D eigenvalue weighted by Crippen LogP contribution is 2.25. The SMILES string of the molecule is Cc1ccc(CNC(=O)CCc2ccc(O)c(O)c2)cc1. The minimum atomic E-state index is -0.160. The number of carbonyl (C=O) groups excluding carboxylic acids is 1. The standard InChI is InChI=1S/C17H19NO3/c1-12-2-4-14(5-3-12)11-18-17(21)9-7-13-6-8-15(19)16(20)10-13/h2-6,8,10,19-20H,7,9,11H2,1H3,(H,18,21). The number of hydrogen-bond donors (Lipinski definition) is 3. The summed E-state index contributed by atoms with van der Waals surface area (Å²) in [5.41, 5.74) is 3.07. The summed E-state index contributed by atoms with van der Waals surface area (Å²) in [7, 11) is 0. The second-order valence-electron chi connectivity index (χ2n) is 5.09. The fourth-order valence-corrected chi connectivity index (χ4v) is 1.98. The van der Waals surface area contributed by atoms with E-state index in [0.29, 0.717) is 19.4 Å². The van der Waals surface area contributed by atoms with Gasteiger partial charge < -0.3 is 15.5 Å². The van der Waals surface area contributed by atoms with Crippen LogP contribution in [-0.4, -0.2) is 16.1 Å². The summed E-state index contributed by atoms with van der Waals surface area (Å²) in [6.45, 7) is 2.54. The molecule has 0 unspecified atom stereocenters. The highest BCUT2D eigenvalue weighted by atomic mass is 16.3. The molecule has 110 valence electrons. The Balaban J connectivity index is 1.79. The monoisotopic (exact) mass is 285 g/mol. The Hall–Kier alpha value is -2.49. The first kappa shape index (κ1) is 14.9. The van der Waals surface area contributed by atoms with Crippen molar-refractivity contribution in [2.45, 2.75) is 26.3 Å². The van der Waals surface area contributed by atoms with Gasteiger partial charge in [-0.3, -0.25) is 4.79 Å². The number of aromatic hydroxyl groups is 2. The van der Waals surface area contributed by atoms with E-state index >= 15 is 0 Å². The largest absolute Gasteiger partial charge is 0.504 e. The molecule has 4 heteroatoms. The first-order valence-electron chi connectivity index (χ1n) is 6.87. The smallest absolute Gasteiger partial charge is 0.220 e. The minimum absolute atomic E-state index is 0.0388. The Morgan fingerprint density at radius 2 is 1.67 bits per heavy atom. The van der Waals surface area contributed by atoms with Gasteiger partial charge in [0.05, 0.1) is 0 Å². The number of phenolic OH excluding ortho intramolecular Hbond substituents is 2.